The lowest BCUT2D eigenvalue weighted by atomic mass is 9.95. The number of aliphatic hydroxyl groups excluding tert-OH is 1. The molecule has 22 heteroatoms. The third kappa shape index (κ3) is 16.3. The van der Waals surface area contributed by atoms with Crippen LogP contribution in [0, 0.1) is 17.8 Å². The summed E-state index contributed by atoms with van der Waals surface area (Å²) in [6.45, 7) is 20.4. The molecule has 0 aliphatic carbocycles. The zero-order valence-corrected chi connectivity index (χ0v) is 44.3. The van der Waals surface area contributed by atoms with Crippen LogP contribution in [0.25, 0.3) is 0 Å². The summed E-state index contributed by atoms with van der Waals surface area (Å²) >= 11 is 0. The van der Waals surface area contributed by atoms with E-state index in [9.17, 15) is 48.3 Å². The Labute approximate surface area is 422 Å². The first-order valence-electron chi connectivity index (χ1n) is 24.1. The van der Waals surface area contributed by atoms with Gasteiger partial charge in [-0.3, -0.25) is 33.6 Å². The van der Waals surface area contributed by atoms with Gasteiger partial charge in [-0.15, -0.1) is 0 Å². The summed E-state index contributed by atoms with van der Waals surface area (Å²) in [5, 5.41) is 21.2. The summed E-state index contributed by atoms with van der Waals surface area (Å²) in [5.41, 5.74) is 0.0627. The van der Waals surface area contributed by atoms with Crippen molar-refractivity contribution in [2.45, 2.75) is 162 Å². The average Bonchev–Trinajstić information content (AvgIpc) is 3.34. The van der Waals surface area contributed by atoms with E-state index >= 15 is 4.79 Å². The highest BCUT2D eigenvalue weighted by molar-refractivity contribution is 6.01. The molecule has 402 valence electrons. The number of cyclic esters (lactones) is 2. The normalized spacial score (nSPS) is 24.5. The fraction of sp³-hybridized carbons (Fsp3) is 0.640. The van der Waals surface area contributed by atoms with Crippen LogP contribution in [0.1, 0.15) is 94.6 Å². The zero-order valence-electron chi connectivity index (χ0n) is 44.3. The molecular formula is C50H77N7O15. The van der Waals surface area contributed by atoms with Crippen molar-refractivity contribution in [1.82, 2.24) is 36.0 Å². The van der Waals surface area contributed by atoms with E-state index in [1.807, 2.05) is 0 Å². The highest BCUT2D eigenvalue weighted by Crippen LogP contribution is 2.23. The SMILES string of the molecule is C=C1C(=O)NC(C)C(=O)N(C)C(C)C(=O)NC(C(OC(=O)C(NC(=O)CC)C(O)C(C)C)C(C)C)C(=O)N(C)C(C(C)OC)C(=O)OC(C(C)C)C(NC(=O)CC)C(=O)OC(Cc2ccccc2)C(=O)N1C. The fourth-order valence-electron chi connectivity index (χ4n) is 7.53. The summed E-state index contributed by atoms with van der Waals surface area (Å²) < 4.78 is 23.5. The predicted molar refractivity (Wildman–Crippen MR) is 261 cm³/mol. The number of methoxy groups -OCH3 is 1. The molecule has 72 heavy (non-hydrogen) atoms. The maximum Gasteiger partial charge on any atom is 0.333 e. The van der Waals surface area contributed by atoms with E-state index < -0.39 is 149 Å². The molecule has 1 fully saturated rings. The van der Waals surface area contributed by atoms with E-state index in [0.717, 1.165) is 14.7 Å². The van der Waals surface area contributed by atoms with Crippen LogP contribution in [-0.4, -0.2) is 174 Å². The van der Waals surface area contributed by atoms with Crippen molar-refractivity contribution in [3.05, 3.63) is 48.2 Å². The van der Waals surface area contributed by atoms with Gasteiger partial charge in [-0.2, -0.15) is 0 Å². The molecular weight excluding hydrogens is 939 g/mol. The first-order chi connectivity index (χ1) is 33.6. The van der Waals surface area contributed by atoms with Gasteiger partial charge in [0.1, 0.15) is 36.0 Å². The first kappa shape index (κ1) is 61.7. The van der Waals surface area contributed by atoms with Crippen LogP contribution >= 0.6 is 0 Å². The highest BCUT2D eigenvalue weighted by atomic mass is 16.6. The van der Waals surface area contributed by atoms with Crippen LogP contribution in [0.2, 0.25) is 0 Å². The molecule has 1 aromatic carbocycles. The molecule has 1 aliphatic rings. The van der Waals surface area contributed by atoms with Crippen LogP contribution in [0.15, 0.2) is 42.6 Å². The van der Waals surface area contributed by atoms with E-state index in [0.29, 0.717) is 5.56 Å². The van der Waals surface area contributed by atoms with Gasteiger partial charge in [-0.25, -0.2) is 14.4 Å². The Hall–Kier alpha value is -6.42. The minimum absolute atomic E-state index is 0.0589. The standard InChI is InChI=1S/C50H77N7O15/c1-17-34(58)52-36(40(60)25(3)4)48(66)71-41(26(5)6)37-47(65)57(15)39(31(12)69-16)50(68)72-42(27(7)8)38(53-35(59)18-2)49(67)70-33(24-32-22-20-19-21-23-32)46(64)56(14)29(10)43(61)51-28(9)45(63)55(13)30(11)44(62)54-37/h19-23,25-28,30-31,33,36-42,60H,10,17-18,24H2,1-9,11-16H3,(H,51,61)(H,52,58)(H,53,59)(H,54,62). The van der Waals surface area contributed by atoms with Gasteiger partial charge in [0.25, 0.3) is 11.8 Å². The monoisotopic (exact) mass is 1020 g/mol. The molecule has 0 bridgehead atoms. The minimum Gasteiger partial charge on any atom is -0.458 e. The Morgan fingerprint density at radius 1 is 0.792 bits per heavy atom. The molecule has 1 heterocycles. The largest absolute Gasteiger partial charge is 0.458 e. The van der Waals surface area contributed by atoms with Gasteiger partial charge in [0.05, 0.1) is 12.2 Å². The van der Waals surface area contributed by atoms with Crippen molar-refractivity contribution in [2.75, 3.05) is 28.3 Å². The third-order valence-corrected chi connectivity index (χ3v) is 12.5. The number of carbonyl (C=O) groups is 10. The van der Waals surface area contributed by atoms with Crippen LogP contribution in [0.3, 0.4) is 0 Å². The van der Waals surface area contributed by atoms with E-state index in [2.05, 4.69) is 27.8 Å². The van der Waals surface area contributed by atoms with Crippen molar-refractivity contribution in [1.29, 1.82) is 0 Å². The smallest absolute Gasteiger partial charge is 0.333 e. The van der Waals surface area contributed by atoms with Gasteiger partial charge in [0.2, 0.25) is 29.5 Å². The van der Waals surface area contributed by atoms with Gasteiger partial charge >= 0.3 is 17.9 Å². The Bertz CT molecular complexity index is 2120. The van der Waals surface area contributed by atoms with Crippen LogP contribution in [-0.2, 0) is 73.3 Å². The number of esters is 3. The molecule has 1 aromatic rings. The Kier molecular flexibility index (Phi) is 24.0. The summed E-state index contributed by atoms with van der Waals surface area (Å²) in [5.74, 6) is -11.7. The molecule has 11 unspecified atom stereocenters. The average molecular weight is 1020 g/mol. The zero-order chi connectivity index (χ0) is 55.1. The van der Waals surface area contributed by atoms with E-state index in [4.69, 9.17) is 18.9 Å². The van der Waals surface area contributed by atoms with Gasteiger partial charge in [-0.1, -0.05) is 92.3 Å². The minimum atomic E-state index is -1.86. The van der Waals surface area contributed by atoms with Crippen molar-refractivity contribution >= 4 is 59.3 Å². The number of nitrogens with one attached hydrogen (secondary N) is 4. The fourth-order valence-corrected chi connectivity index (χ4v) is 7.53. The lowest BCUT2D eigenvalue weighted by molar-refractivity contribution is -0.177. The number of ether oxygens (including phenoxy) is 4. The molecule has 0 radical (unpaired) electrons. The molecule has 11 atom stereocenters. The maximum atomic E-state index is 15.1. The van der Waals surface area contributed by atoms with Crippen molar-refractivity contribution in [3.63, 3.8) is 0 Å². The quantitative estimate of drug-likeness (QED) is 0.0922. The van der Waals surface area contributed by atoms with Crippen molar-refractivity contribution in [3.8, 4) is 0 Å². The molecule has 0 spiro atoms. The van der Waals surface area contributed by atoms with E-state index in [-0.39, 0.29) is 19.3 Å². The number of hydrogen-bond acceptors (Lipinski definition) is 15. The second-order valence-electron chi connectivity index (χ2n) is 18.9. The molecule has 22 nitrogen and oxygen atoms in total. The summed E-state index contributed by atoms with van der Waals surface area (Å²) in [4.78, 5) is 143. The molecule has 1 aliphatic heterocycles. The lowest BCUT2D eigenvalue weighted by Gasteiger charge is -2.39. The number of nitrogens with zero attached hydrogens (tertiary/aromatic N) is 3. The number of likely N-dealkylation sites (N-methyl/N-ethyl adjacent to an activating group) is 3. The number of benzene rings is 1. The third-order valence-electron chi connectivity index (χ3n) is 12.5. The van der Waals surface area contributed by atoms with Crippen LogP contribution in [0.4, 0.5) is 0 Å². The maximum absolute atomic E-state index is 15.1. The van der Waals surface area contributed by atoms with E-state index in [1.54, 1.807) is 71.9 Å². The molecule has 0 aromatic heterocycles. The number of amides is 7. The summed E-state index contributed by atoms with van der Waals surface area (Å²) in [6, 6.07) is -1.28. The van der Waals surface area contributed by atoms with Crippen molar-refractivity contribution < 1.29 is 72.0 Å². The van der Waals surface area contributed by atoms with E-state index in [1.165, 1.54) is 62.9 Å². The topological polar surface area (TPSA) is 286 Å². The van der Waals surface area contributed by atoms with Crippen LogP contribution < -0.4 is 21.3 Å². The number of hydrogen-bond donors (Lipinski definition) is 5. The Balaban J connectivity index is 3.00. The van der Waals surface area contributed by atoms with Gasteiger partial charge in [0.15, 0.2) is 24.2 Å². The number of rotatable bonds is 15. The van der Waals surface area contributed by atoms with Crippen molar-refractivity contribution in [2.24, 2.45) is 17.8 Å². The highest BCUT2D eigenvalue weighted by Gasteiger charge is 2.47. The molecule has 2 rings (SSSR count). The predicted octanol–water partition coefficient (Wildman–Crippen LogP) is 0.767. The number of aliphatic hydroxyl groups is 1. The van der Waals surface area contributed by atoms with Gasteiger partial charge < -0.3 is 60.0 Å². The first-order valence-corrected chi connectivity index (χ1v) is 24.1. The molecule has 0 saturated carbocycles. The lowest BCUT2D eigenvalue weighted by Crippen LogP contribution is -2.64. The van der Waals surface area contributed by atoms with Gasteiger partial charge in [0, 0.05) is 47.5 Å². The van der Waals surface area contributed by atoms with Crippen LogP contribution in [0.5, 0.6) is 0 Å². The molecule has 1 saturated heterocycles. The van der Waals surface area contributed by atoms with Gasteiger partial charge in [-0.05, 0) is 44.1 Å². The second kappa shape index (κ2) is 28.0. The second-order valence-corrected chi connectivity index (χ2v) is 18.9. The number of carbonyl (C=O) groups excluding carboxylic acids is 10. The molecule has 7 amide bonds. The summed E-state index contributed by atoms with van der Waals surface area (Å²) in [7, 11) is 4.90. The molecule has 5 N–H and O–H groups in total. The Morgan fingerprint density at radius 2 is 1.38 bits per heavy atom. The summed E-state index contributed by atoms with van der Waals surface area (Å²) in [6.07, 6.45) is -7.89. The Morgan fingerprint density at radius 3 is 1.89 bits per heavy atom.